The molecule has 0 saturated carbocycles. The Morgan fingerprint density at radius 1 is 1.12 bits per heavy atom. The third-order valence-electron chi connectivity index (χ3n) is 7.17. The van der Waals surface area contributed by atoms with Crippen LogP contribution in [0.3, 0.4) is 0 Å². The number of fused-ring (bicyclic) bond motifs is 1. The first-order valence-electron chi connectivity index (χ1n) is 11.5. The second kappa shape index (κ2) is 8.89. The van der Waals surface area contributed by atoms with Gasteiger partial charge in [-0.2, -0.15) is 0 Å². The molecule has 4 atom stereocenters. The highest BCUT2D eigenvalue weighted by molar-refractivity contribution is 6.09. The lowest BCUT2D eigenvalue weighted by Crippen LogP contribution is -2.58. The molecular weight excluding hydrogens is 422 g/mol. The lowest BCUT2D eigenvalue weighted by molar-refractivity contribution is -0.154. The number of imide groups is 1. The van der Waals surface area contributed by atoms with E-state index in [4.69, 9.17) is 4.74 Å². The van der Waals surface area contributed by atoms with Crippen molar-refractivity contribution in [2.75, 3.05) is 27.2 Å². The van der Waals surface area contributed by atoms with Crippen LogP contribution in [0.15, 0.2) is 24.3 Å². The minimum Gasteiger partial charge on any atom is -0.468 e. The van der Waals surface area contributed by atoms with Gasteiger partial charge in [-0.05, 0) is 36.5 Å². The van der Waals surface area contributed by atoms with Gasteiger partial charge in [-0.15, -0.1) is 0 Å². The molecule has 1 N–H and O–H groups in total. The third kappa shape index (κ3) is 4.05. The first kappa shape index (κ1) is 24.9. The average Bonchev–Trinajstić information content (AvgIpc) is 3.25. The standard InChI is InChI=1S/C25H35N3O5/c1-8-25(23(32)33-7)19-18(21(30)27(6)22(19)31)17(26-25)14-28(9-2)20(29)15-10-12-16(13-11-15)24(3,4)5/h10-13,17-19,26H,8-9,14H2,1-7H3/t17-,18+,19-,25-/m1/s1. The largest absolute Gasteiger partial charge is 0.468 e. The molecule has 8 heteroatoms. The molecule has 2 saturated heterocycles. The number of esters is 1. The fraction of sp³-hybridized carbons (Fsp3) is 0.600. The van der Waals surface area contributed by atoms with Gasteiger partial charge >= 0.3 is 5.97 Å². The average molecular weight is 458 g/mol. The Kier molecular flexibility index (Phi) is 6.71. The summed E-state index contributed by atoms with van der Waals surface area (Å²) in [4.78, 5) is 54.7. The van der Waals surface area contributed by atoms with Crippen molar-refractivity contribution in [3.63, 3.8) is 0 Å². The Morgan fingerprint density at radius 3 is 2.21 bits per heavy atom. The fourth-order valence-corrected chi connectivity index (χ4v) is 5.15. The van der Waals surface area contributed by atoms with Crippen LogP contribution in [-0.4, -0.2) is 72.3 Å². The zero-order valence-corrected chi connectivity index (χ0v) is 20.6. The van der Waals surface area contributed by atoms with E-state index in [9.17, 15) is 19.2 Å². The summed E-state index contributed by atoms with van der Waals surface area (Å²) in [7, 11) is 2.72. The van der Waals surface area contributed by atoms with Crippen LogP contribution >= 0.6 is 0 Å². The lowest BCUT2D eigenvalue weighted by Gasteiger charge is -2.32. The molecule has 1 aromatic rings. The number of hydrogen-bond donors (Lipinski definition) is 1. The number of methoxy groups -OCH3 is 1. The van der Waals surface area contributed by atoms with E-state index < -0.39 is 29.4 Å². The minimum absolute atomic E-state index is 0.0203. The Hall–Kier alpha value is -2.74. The van der Waals surface area contributed by atoms with Crippen LogP contribution < -0.4 is 5.32 Å². The van der Waals surface area contributed by atoms with Crippen molar-refractivity contribution in [3.8, 4) is 0 Å². The number of nitrogens with one attached hydrogen (secondary N) is 1. The number of ether oxygens (including phenoxy) is 1. The number of likely N-dealkylation sites (N-methyl/N-ethyl adjacent to an activating group) is 1. The molecule has 0 bridgehead atoms. The van der Waals surface area contributed by atoms with Crippen LogP contribution in [0, 0.1) is 11.8 Å². The van der Waals surface area contributed by atoms with E-state index in [1.165, 1.54) is 14.2 Å². The number of hydrogen-bond acceptors (Lipinski definition) is 6. The summed E-state index contributed by atoms with van der Waals surface area (Å²) in [5.41, 5.74) is 0.373. The second-order valence-corrected chi connectivity index (χ2v) is 9.98. The maximum atomic E-state index is 13.3. The Morgan fingerprint density at radius 2 is 1.73 bits per heavy atom. The van der Waals surface area contributed by atoms with Crippen LogP contribution in [0.1, 0.15) is 57.0 Å². The quantitative estimate of drug-likeness (QED) is 0.518. The smallest absolute Gasteiger partial charge is 0.326 e. The molecule has 180 valence electrons. The van der Waals surface area contributed by atoms with E-state index >= 15 is 0 Å². The predicted octanol–water partition coefficient (Wildman–Crippen LogP) is 1.97. The first-order valence-corrected chi connectivity index (χ1v) is 11.5. The van der Waals surface area contributed by atoms with Gasteiger partial charge < -0.3 is 9.64 Å². The molecule has 0 unspecified atom stereocenters. The molecule has 1 aromatic carbocycles. The Balaban J connectivity index is 1.90. The number of rotatable bonds is 6. The lowest BCUT2D eigenvalue weighted by atomic mass is 9.78. The SMILES string of the molecule is CCN(C[C@H]1N[C@@](CC)(C(=O)OC)[C@H]2C(=O)N(C)C(=O)[C@@H]12)C(=O)c1ccc(C(C)(C)C)cc1. The van der Waals surface area contributed by atoms with Crippen molar-refractivity contribution in [2.24, 2.45) is 11.8 Å². The minimum atomic E-state index is -1.29. The fourth-order valence-electron chi connectivity index (χ4n) is 5.15. The number of likely N-dealkylation sites (tertiary alicyclic amines) is 1. The third-order valence-corrected chi connectivity index (χ3v) is 7.17. The molecule has 3 rings (SSSR count). The van der Waals surface area contributed by atoms with E-state index in [0.29, 0.717) is 18.5 Å². The summed E-state index contributed by atoms with van der Waals surface area (Å²) in [5, 5.41) is 3.25. The van der Waals surface area contributed by atoms with Gasteiger partial charge in [-0.1, -0.05) is 39.8 Å². The predicted molar refractivity (Wildman–Crippen MR) is 123 cm³/mol. The molecule has 2 aliphatic rings. The molecule has 33 heavy (non-hydrogen) atoms. The van der Waals surface area contributed by atoms with Gasteiger partial charge in [0.25, 0.3) is 5.91 Å². The maximum absolute atomic E-state index is 13.3. The van der Waals surface area contributed by atoms with Crippen molar-refractivity contribution in [3.05, 3.63) is 35.4 Å². The first-order chi connectivity index (χ1) is 15.4. The number of carbonyl (C=O) groups is 4. The molecule has 2 fully saturated rings. The van der Waals surface area contributed by atoms with Crippen LogP contribution in [-0.2, 0) is 24.5 Å². The normalized spacial score (nSPS) is 27.0. The van der Waals surface area contributed by atoms with Crippen LogP contribution in [0.5, 0.6) is 0 Å². The molecular formula is C25H35N3O5. The summed E-state index contributed by atoms with van der Waals surface area (Å²) < 4.78 is 5.03. The van der Waals surface area contributed by atoms with Crippen LogP contribution in [0.25, 0.3) is 0 Å². The summed E-state index contributed by atoms with van der Waals surface area (Å²) >= 11 is 0. The number of benzene rings is 1. The highest BCUT2D eigenvalue weighted by Gasteiger charge is 2.67. The molecule has 0 spiro atoms. The molecule has 0 aromatic heterocycles. The topological polar surface area (TPSA) is 96.0 Å². The van der Waals surface area contributed by atoms with Crippen LogP contribution in [0.4, 0.5) is 0 Å². The van der Waals surface area contributed by atoms with E-state index in [1.54, 1.807) is 11.8 Å². The Labute approximate surface area is 195 Å². The van der Waals surface area contributed by atoms with Crippen molar-refractivity contribution in [1.82, 2.24) is 15.1 Å². The van der Waals surface area contributed by atoms with Gasteiger partial charge in [0.2, 0.25) is 11.8 Å². The van der Waals surface area contributed by atoms with Crippen LogP contribution in [0.2, 0.25) is 0 Å². The van der Waals surface area contributed by atoms with E-state index in [1.807, 2.05) is 31.2 Å². The van der Waals surface area contributed by atoms with E-state index in [-0.39, 0.29) is 29.7 Å². The monoisotopic (exact) mass is 457 g/mol. The molecule has 2 aliphatic heterocycles. The number of amides is 3. The number of nitrogens with zero attached hydrogens (tertiary/aromatic N) is 2. The molecule has 8 nitrogen and oxygen atoms in total. The van der Waals surface area contributed by atoms with Crippen molar-refractivity contribution < 1.29 is 23.9 Å². The summed E-state index contributed by atoms with van der Waals surface area (Å²) in [5.74, 6) is -3.03. The molecule has 0 radical (unpaired) electrons. The van der Waals surface area contributed by atoms with E-state index in [0.717, 1.165) is 10.5 Å². The maximum Gasteiger partial charge on any atom is 0.326 e. The second-order valence-electron chi connectivity index (χ2n) is 9.98. The highest BCUT2D eigenvalue weighted by Crippen LogP contribution is 2.44. The van der Waals surface area contributed by atoms with Gasteiger partial charge in [0.05, 0.1) is 18.9 Å². The Bertz CT molecular complexity index is 952. The van der Waals surface area contributed by atoms with Gasteiger partial charge in [0.1, 0.15) is 5.54 Å². The zero-order chi connectivity index (χ0) is 24.7. The van der Waals surface area contributed by atoms with Crippen molar-refractivity contribution in [1.29, 1.82) is 0 Å². The van der Waals surface area contributed by atoms with Gasteiger partial charge in [-0.3, -0.25) is 29.4 Å². The summed E-state index contributed by atoms with van der Waals surface area (Å²) in [6.07, 6.45) is 0.290. The number of carbonyl (C=O) groups excluding carboxylic acids is 4. The van der Waals surface area contributed by atoms with Gasteiger partial charge in [-0.25, -0.2) is 0 Å². The van der Waals surface area contributed by atoms with E-state index in [2.05, 4.69) is 26.1 Å². The van der Waals surface area contributed by atoms with Crippen molar-refractivity contribution in [2.45, 2.75) is 58.0 Å². The van der Waals surface area contributed by atoms with Crippen molar-refractivity contribution >= 4 is 23.7 Å². The highest BCUT2D eigenvalue weighted by atomic mass is 16.5. The van der Waals surface area contributed by atoms with Gasteiger partial charge in [0.15, 0.2) is 0 Å². The summed E-state index contributed by atoms with van der Waals surface area (Å²) in [6, 6.07) is 7.00. The van der Waals surface area contributed by atoms with Gasteiger partial charge in [0, 0.05) is 31.7 Å². The summed E-state index contributed by atoms with van der Waals surface area (Å²) in [6.45, 7) is 10.6. The molecule has 2 heterocycles. The molecule has 3 amide bonds. The zero-order valence-electron chi connectivity index (χ0n) is 20.6. The molecule has 0 aliphatic carbocycles.